The van der Waals surface area contributed by atoms with E-state index in [4.69, 9.17) is 4.74 Å². The van der Waals surface area contributed by atoms with E-state index in [0.29, 0.717) is 12.1 Å². The van der Waals surface area contributed by atoms with E-state index in [2.05, 4.69) is 44.3 Å². The molecule has 2 heteroatoms. The first-order chi connectivity index (χ1) is 8.20. The van der Waals surface area contributed by atoms with E-state index >= 15 is 0 Å². The van der Waals surface area contributed by atoms with Crippen molar-refractivity contribution in [1.82, 2.24) is 5.32 Å². The Hall–Kier alpha value is -1.02. The number of aryl methyl sites for hydroxylation is 1. The molecule has 1 aromatic rings. The highest BCUT2D eigenvalue weighted by molar-refractivity contribution is 5.38. The average molecular weight is 233 g/mol. The van der Waals surface area contributed by atoms with Gasteiger partial charge in [-0.15, -0.1) is 0 Å². The first kappa shape index (κ1) is 12.4. The fourth-order valence-corrected chi connectivity index (χ4v) is 2.55. The number of ether oxygens (including phenoxy) is 1. The van der Waals surface area contributed by atoms with Crippen LogP contribution in [-0.2, 0) is 0 Å². The SMILES string of the molecule is CCNC1CCC(Oc2cccc(C)c2C)C1. The van der Waals surface area contributed by atoms with Crippen molar-refractivity contribution >= 4 is 0 Å². The van der Waals surface area contributed by atoms with Crippen molar-refractivity contribution in [3.8, 4) is 5.75 Å². The highest BCUT2D eigenvalue weighted by Gasteiger charge is 2.25. The topological polar surface area (TPSA) is 21.3 Å². The summed E-state index contributed by atoms with van der Waals surface area (Å²) in [6.07, 6.45) is 3.94. The summed E-state index contributed by atoms with van der Waals surface area (Å²) in [6, 6.07) is 6.95. The smallest absolute Gasteiger partial charge is 0.122 e. The van der Waals surface area contributed by atoms with Crippen molar-refractivity contribution in [2.75, 3.05) is 6.54 Å². The maximum Gasteiger partial charge on any atom is 0.122 e. The standard InChI is InChI=1S/C15H23NO/c1-4-16-13-8-9-14(10-13)17-15-7-5-6-11(2)12(15)3/h5-7,13-14,16H,4,8-10H2,1-3H3. The maximum atomic E-state index is 6.12. The van der Waals surface area contributed by atoms with Gasteiger partial charge in [-0.25, -0.2) is 0 Å². The minimum absolute atomic E-state index is 0.388. The van der Waals surface area contributed by atoms with E-state index in [1.807, 2.05) is 0 Å². The van der Waals surface area contributed by atoms with Gasteiger partial charge in [-0.05, 0) is 56.8 Å². The highest BCUT2D eigenvalue weighted by atomic mass is 16.5. The number of nitrogens with one attached hydrogen (secondary N) is 1. The van der Waals surface area contributed by atoms with Crippen LogP contribution in [0, 0.1) is 13.8 Å². The molecule has 2 atom stereocenters. The quantitative estimate of drug-likeness (QED) is 0.862. The zero-order chi connectivity index (χ0) is 12.3. The van der Waals surface area contributed by atoms with E-state index in [-0.39, 0.29) is 0 Å². The molecule has 2 rings (SSSR count). The Morgan fingerprint density at radius 3 is 2.88 bits per heavy atom. The van der Waals surface area contributed by atoms with Gasteiger partial charge < -0.3 is 10.1 Å². The third-order valence-corrected chi connectivity index (χ3v) is 3.73. The minimum Gasteiger partial charge on any atom is -0.490 e. The predicted octanol–water partition coefficient (Wildman–Crippen LogP) is 3.21. The van der Waals surface area contributed by atoms with Crippen molar-refractivity contribution in [3.63, 3.8) is 0 Å². The van der Waals surface area contributed by atoms with Crippen molar-refractivity contribution < 1.29 is 4.74 Å². The van der Waals surface area contributed by atoms with Gasteiger partial charge >= 0.3 is 0 Å². The van der Waals surface area contributed by atoms with E-state index in [1.54, 1.807) is 0 Å². The first-order valence-electron chi connectivity index (χ1n) is 6.67. The van der Waals surface area contributed by atoms with Crippen LogP contribution in [-0.4, -0.2) is 18.7 Å². The first-order valence-corrected chi connectivity index (χ1v) is 6.67. The largest absolute Gasteiger partial charge is 0.490 e. The molecule has 0 aromatic heterocycles. The molecule has 0 radical (unpaired) electrons. The van der Waals surface area contributed by atoms with Gasteiger partial charge in [-0.2, -0.15) is 0 Å². The lowest BCUT2D eigenvalue weighted by atomic mass is 10.1. The summed E-state index contributed by atoms with van der Waals surface area (Å²) < 4.78 is 6.12. The van der Waals surface area contributed by atoms with Gasteiger partial charge in [-0.1, -0.05) is 19.1 Å². The molecule has 1 saturated carbocycles. The molecule has 2 nitrogen and oxygen atoms in total. The van der Waals surface area contributed by atoms with Crippen LogP contribution in [0.4, 0.5) is 0 Å². The van der Waals surface area contributed by atoms with E-state index in [0.717, 1.165) is 18.7 Å². The minimum atomic E-state index is 0.388. The second-order valence-electron chi connectivity index (χ2n) is 5.01. The number of hydrogen-bond donors (Lipinski definition) is 1. The highest BCUT2D eigenvalue weighted by Crippen LogP contribution is 2.27. The summed E-state index contributed by atoms with van der Waals surface area (Å²) in [5, 5.41) is 3.51. The molecule has 1 aliphatic carbocycles. The second-order valence-corrected chi connectivity index (χ2v) is 5.01. The van der Waals surface area contributed by atoms with E-state index in [1.165, 1.54) is 24.0 Å². The lowest BCUT2D eigenvalue weighted by Gasteiger charge is -2.17. The predicted molar refractivity (Wildman–Crippen MR) is 71.6 cm³/mol. The van der Waals surface area contributed by atoms with Crippen molar-refractivity contribution in [2.45, 2.75) is 52.2 Å². The Bertz CT molecular complexity index is 375. The Morgan fingerprint density at radius 2 is 2.12 bits per heavy atom. The molecule has 0 aliphatic heterocycles. The molecule has 94 valence electrons. The molecule has 1 N–H and O–H groups in total. The number of benzene rings is 1. The van der Waals surface area contributed by atoms with Gasteiger partial charge in [0.05, 0.1) is 0 Å². The average Bonchev–Trinajstić information content (AvgIpc) is 2.73. The van der Waals surface area contributed by atoms with E-state index in [9.17, 15) is 0 Å². The Labute approximate surface area is 104 Å². The van der Waals surface area contributed by atoms with Crippen molar-refractivity contribution in [1.29, 1.82) is 0 Å². The van der Waals surface area contributed by atoms with Gasteiger partial charge in [0.15, 0.2) is 0 Å². The molecular weight excluding hydrogens is 210 g/mol. The molecule has 0 heterocycles. The van der Waals surface area contributed by atoms with Crippen LogP contribution in [0.25, 0.3) is 0 Å². The zero-order valence-corrected chi connectivity index (χ0v) is 11.1. The van der Waals surface area contributed by atoms with Gasteiger partial charge in [-0.3, -0.25) is 0 Å². The molecular formula is C15H23NO. The van der Waals surface area contributed by atoms with Crippen molar-refractivity contribution in [2.24, 2.45) is 0 Å². The lowest BCUT2D eigenvalue weighted by molar-refractivity contribution is 0.205. The normalized spacial score (nSPS) is 23.9. The Balaban J connectivity index is 1.96. The fourth-order valence-electron chi connectivity index (χ4n) is 2.55. The molecule has 0 amide bonds. The zero-order valence-electron chi connectivity index (χ0n) is 11.1. The molecule has 2 unspecified atom stereocenters. The van der Waals surface area contributed by atoms with Crippen LogP contribution >= 0.6 is 0 Å². The number of rotatable bonds is 4. The summed E-state index contributed by atoms with van der Waals surface area (Å²) >= 11 is 0. The lowest BCUT2D eigenvalue weighted by Crippen LogP contribution is -2.27. The van der Waals surface area contributed by atoms with Crippen LogP contribution in [0.5, 0.6) is 5.75 Å². The van der Waals surface area contributed by atoms with Crippen LogP contribution in [0.2, 0.25) is 0 Å². The molecule has 1 aliphatic rings. The molecule has 1 fully saturated rings. The monoisotopic (exact) mass is 233 g/mol. The van der Waals surface area contributed by atoms with Crippen LogP contribution in [0.15, 0.2) is 18.2 Å². The second kappa shape index (κ2) is 5.54. The fraction of sp³-hybridized carbons (Fsp3) is 0.600. The summed E-state index contributed by atoms with van der Waals surface area (Å²) in [5.41, 5.74) is 2.59. The summed E-state index contributed by atoms with van der Waals surface area (Å²) in [5.74, 6) is 1.06. The van der Waals surface area contributed by atoms with Crippen LogP contribution in [0.1, 0.15) is 37.3 Å². The number of hydrogen-bond acceptors (Lipinski definition) is 2. The third kappa shape index (κ3) is 3.01. The van der Waals surface area contributed by atoms with Gasteiger partial charge in [0.25, 0.3) is 0 Å². The molecule has 1 aromatic carbocycles. The molecule has 0 spiro atoms. The van der Waals surface area contributed by atoms with Gasteiger partial charge in [0.2, 0.25) is 0 Å². The van der Waals surface area contributed by atoms with Crippen LogP contribution < -0.4 is 10.1 Å². The summed E-state index contributed by atoms with van der Waals surface area (Å²) in [7, 11) is 0. The van der Waals surface area contributed by atoms with Gasteiger partial charge in [0, 0.05) is 6.04 Å². The summed E-state index contributed by atoms with van der Waals surface area (Å²) in [4.78, 5) is 0. The Kier molecular flexibility index (Phi) is 4.06. The van der Waals surface area contributed by atoms with Crippen molar-refractivity contribution in [3.05, 3.63) is 29.3 Å². The molecule has 0 bridgehead atoms. The van der Waals surface area contributed by atoms with E-state index < -0.39 is 0 Å². The summed E-state index contributed by atoms with van der Waals surface area (Å²) in [6.45, 7) is 7.50. The van der Waals surface area contributed by atoms with Gasteiger partial charge in [0.1, 0.15) is 11.9 Å². The third-order valence-electron chi connectivity index (χ3n) is 3.73. The molecule has 0 saturated heterocycles. The molecule has 17 heavy (non-hydrogen) atoms. The van der Waals surface area contributed by atoms with Crippen LogP contribution in [0.3, 0.4) is 0 Å². The Morgan fingerprint density at radius 1 is 1.29 bits per heavy atom. The maximum absolute atomic E-state index is 6.12.